The highest BCUT2D eigenvalue weighted by Crippen LogP contribution is 2.24. The highest BCUT2D eigenvalue weighted by atomic mass is 15.1. The SMILES string of the molecule is CCn1c(-c2ccc(C)nc2)nc2ccccc21. The van der Waals surface area contributed by atoms with Crippen LogP contribution in [0.25, 0.3) is 22.4 Å². The number of aryl methyl sites for hydroxylation is 2. The molecule has 0 fully saturated rings. The lowest BCUT2D eigenvalue weighted by Crippen LogP contribution is -1.97. The van der Waals surface area contributed by atoms with Crippen LogP contribution in [0.5, 0.6) is 0 Å². The van der Waals surface area contributed by atoms with Gasteiger partial charge in [0, 0.05) is 24.0 Å². The minimum Gasteiger partial charge on any atom is -0.324 e. The summed E-state index contributed by atoms with van der Waals surface area (Å²) < 4.78 is 2.22. The summed E-state index contributed by atoms with van der Waals surface area (Å²) in [5.41, 5.74) is 4.31. The number of pyridine rings is 1. The van der Waals surface area contributed by atoms with Crippen LogP contribution in [-0.4, -0.2) is 14.5 Å². The second kappa shape index (κ2) is 4.26. The minimum absolute atomic E-state index is 0.906. The summed E-state index contributed by atoms with van der Waals surface area (Å²) in [5.74, 6) is 0.992. The number of imidazole rings is 1. The molecule has 0 N–H and O–H groups in total. The third kappa shape index (κ3) is 1.68. The molecule has 2 heterocycles. The Labute approximate surface area is 106 Å². The number of para-hydroxylation sites is 2. The van der Waals surface area contributed by atoms with Crippen LogP contribution in [0.4, 0.5) is 0 Å². The van der Waals surface area contributed by atoms with E-state index in [1.165, 1.54) is 5.52 Å². The fourth-order valence-corrected chi connectivity index (χ4v) is 2.22. The molecule has 0 spiro atoms. The van der Waals surface area contributed by atoms with Crippen LogP contribution in [0.3, 0.4) is 0 Å². The smallest absolute Gasteiger partial charge is 0.142 e. The van der Waals surface area contributed by atoms with Gasteiger partial charge in [-0.15, -0.1) is 0 Å². The lowest BCUT2D eigenvalue weighted by molar-refractivity contribution is 0.796. The van der Waals surface area contributed by atoms with Crippen LogP contribution in [0.2, 0.25) is 0 Å². The van der Waals surface area contributed by atoms with E-state index in [0.717, 1.165) is 29.1 Å². The maximum atomic E-state index is 4.71. The van der Waals surface area contributed by atoms with Gasteiger partial charge in [0.25, 0.3) is 0 Å². The van der Waals surface area contributed by atoms with Crippen LogP contribution in [0.15, 0.2) is 42.6 Å². The Balaban J connectivity index is 2.25. The molecule has 90 valence electrons. The maximum absolute atomic E-state index is 4.71. The molecule has 0 radical (unpaired) electrons. The lowest BCUT2D eigenvalue weighted by Gasteiger charge is -2.05. The van der Waals surface area contributed by atoms with E-state index < -0.39 is 0 Å². The van der Waals surface area contributed by atoms with E-state index in [1.807, 2.05) is 37.4 Å². The van der Waals surface area contributed by atoms with Crippen molar-refractivity contribution < 1.29 is 0 Å². The summed E-state index contributed by atoms with van der Waals surface area (Å²) in [5, 5.41) is 0. The van der Waals surface area contributed by atoms with E-state index in [4.69, 9.17) is 4.98 Å². The van der Waals surface area contributed by atoms with E-state index in [2.05, 4.69) is 28.6 Å². The Hall–Kier alpha value is -2.16. The van der Waals surface area contributed by atoms with Gasteiger partial charge in [-0.1, -0.05) is 12.1 Å². The molecule has 3 heteroatoms. The standard InChI is InChI=1S/C15H15N3/c1-3-18-14-7-5-4-6-13(14)17-15(18)12-9-8-11(2)16-10-12/h4-10H,3H2,1-2H3. The molecule has 0 aliphatic rings. The summed E-state index contributed by atoms with van der Waals surface area (Å²) >= 11 is 0. The number of hydrogen-bond acceptors (Lipinski definition) is 2. The zero-order chi connectivity index (χ0) is 12.5. The predicted molar refractivity (Wildman–Crippen MR) is 73.4 cm³/mol. The van der Waals surface area contributed by atoms with Gasteiger partial charge in [-0.3, -0.25) is 4.98 Å². The van der Waals surface area contributed by atoms with Crippen molar-refractivity contribution in [3.63, 3.8) is 0 Å². The van der Waals surface area contributed by atoms with Crippen molar-refractivity contribution in [1.29, 1.82) is 0 Å². The van der Waals surface area contributed by atoms with Crippen LogP contribution in [0.1, 0.15) is 12.6 Å². The van der Waals surface area contributed by atoms with Crippen molar-refractivity contribution in [3.8, 4) is 11.4 Å². The average Bonchev–Trinajstić information content (AvgIpc) is 2.78. The van der Waals surface area contributed by atoms with Gasteiger partial charge in [-0.25, -0.2) is 4.98 Å². The van der Waals surface area contributed by atoms with Crippen molar-refractivity contribution >= 4 is 11.0 Å². The number of benzene rings is 1. The van der Waals surface area contributed by atoms with Crippen LogP contribution >= 0.6 is 0 Å². The largest absolute Gasteiger partial charge is 0.324 e. The zero-order valence-electron chi connectivity index (χ0n) is 10.6. The molecule has 0 aliphatic carbocycles. The van der Waals surface area contributed by atoms with Gasteiger partial charge in [0.15, 0.2) is 0 Å². The molecular weight excluding hydrogens is 222 g/mol. The quantitative estimate of drug-likeness (QED) is 0.683. The van der Waals surface area contributed by atoms with Crippen molar-refractivity contribution in [1.82, 2.24) is 14.5 Å². The summed E-state index contributed by atoms with van der Waals surface area (Å²) in [7, 11) is 0. The molecule has 3 nitrogen and oxygen atoms in total. The first-order valence-electron chi connectivity index (χ1n) is 6.18. The first-order chi connectivity index (χ1) is 8.79. The molecule has 1 aromatic carbocycles. The van der Waals surface area contributed by atoms with Crippen molar-refractivity contribution in [2.75, 3.05) is 0 Å². The molecular formula is C15H15N3. The minimum atomic E-state index is 0.906. The fourth-order valence-electron chi connectivity index (χ4n) is 2.22. The Morgan fingerprint density at radius 1 is 1.11 bits per heavy atom. The number of fused-ring (bicyclic) bond motifs is 1. The number of nitrogens with zero attached hydrogens (tertiary/aromatic N) is 3. The topological polar surface area (TPSA) is 30.7 Å². The highest BCUT2D eigenvalue weighted by Gasteiger charge is 2.10. The van der Waals surface area contributed by atoms with E-state index in [1.54, 1.807) is 0 Å². The third-order valence-corrected chi connectivity index (χ3v) is 3.14. The Kier molecular flexibility index (Phi) is 2.59. The van der Waals surface area contributed by atoms with Crippen molar-refractivity contribution in [2.45, 2.75) is 20.4 Å². The number of hydrogen-bond donors (Lipinski definition) is 0. The van der Waals surface area contributed by atoms with E-state index in [0.29, 0.717) is 0 Å². The second-order valence-electron chi connectivity index (χ2n) is 4.36. The molecule has 0 saturated carbocycles. The zero-order valence-corrected chi connectivity index (χ0v) is 10.6. The van der Waals surface area contributed by atoms with Gasteiger partial charge >= 0.3 is 0 Å². The summed E-state index contributed by atoms with van der Waals surface area (Å²) in [6.07, 6.45) is 1.89. The van der Waals surface area contributed by atoms with Crippen LogP contribution in [-0.2, 0) is 6.54 Å². The molecule has 0 amide bonds. The fraction of sp³-hybridized carbons (Fsp3) is 0.200. The normalized spacial score (nSPS) is 11.0. The molecule has 0 atom stereocenters. The molecule has 0 saturated heterocycles. The third-order valence-electron chi connectivity index (χ3n) is 3.14. The van der Waals surface area contributed by atoms with E-state index >= 15 is 0 Å². The van der Waals surface area contributed by atoms with Gasteiger partial charge in [-0.2, -0.15) is 0 Å². The van der Waals surface area contributed by atoms with Crippen LogP contribution in [0, 0.1) is 6.92 Å². The molecule has 18 heavy (non-hydrogen) atoms. The molecule has 0 bridgehead atoms. The van der Waals surface area contributed by atoms with Gasteiger partial charge in [0.1, 0.15) is 5.82 Å². The van der Waals surface area contributed by atoms with Gasteiger partial charge < -0.3 is 4.57 Å². The van der Waals surface area contributed by atoms with Gasteiger partial charge in [0.05, 0.1) is 11.0 Å². The van der Waals surface area contributed by atoms with Gasteiger partial charge in [-0.05, 0) is 38.1 Å². The Morgan fingerprint density at radius 3 is 2.67 bits per heavy atom. The molecule has 0 aliphatic heterocycles. The molecule has 3 rings (SSSR count). The van der Waals surface area contributed by atoms with Crippen molar-refractivity contribution in [3.05, 3.63) is 48.3 Å². The van der Waals surface area contributed by atoms with E-state index in [-0.39, 0.29) is 0 Å². The molecule has 2 aromatic heterocycles. The van der Waals surface area contributed by atoms with Gasteiger partial charge in [0.2, 0.25) is 0 Å². The lowest BCUT2D eigenvalue weighted by atomic mass is 10.2. The first-order valence-corrected chi connectivity index (χ1v) is 6.18. The second-order valence-corrected chi connectivity index (χ2v) is 4.36. The van der Waals surface area contributed by atoms with Crippen LogP contribution < -0.4 is 0 Å². The Bertz CT molecular complexity index is 681. The van der Waals surface area contributed by atoms with Crippen molar-refractivity contribution in [2.24, 2.45) is 0 Å². The molecule has 3 aromatic rings. The monoisotopic (exact) mass is 237 g/mol. The summed E-state index contributed by atoms with van der Waals surface area (Å²) in [6, 6.07) is 12.3. The summed E-state index contributed by atoms with van der Waals surface area (Å²) in [4.78, 5) is 9.05. The highest BCUT2D eigenvalue weighted by molar-refractivity contribution is 5.80. The Morgan fingerprint density at radius 2 is 1.94 bits per heavy atom. The molecule has 0 unspecified atom stereocenters. The maximum Gasteiger partial charge on any atom is 0.142 e. The predicted octanol–water partition coefficient (Wildman–Crippen LogP) is 3.43. The first kappa shape index (κ1) is 11.0. The number of rotatable bonds is 2. The average molecular weight is 237 g/mol. The van der Waals surface area contributed by atoms with E-state index in [9.17, 15) is 0 Å². The summed E-state index contributed by atoms with van der Waals surface area (Å²) in [6.45, 7) is 5.04. The number of aromatic nitrogens is 3.